The van der Waals surface area contributed by atoms with E-state index in [4.69, 9.17) is 0 Å². The average molecular weight is 294 g/mol. The van der Waals surface area contributed by atoms with E-state index in [1.807, 2.05) is 17.2 Å². The maximum absolute atomic E-state index is 12.3. The summed E-state index contributed by atoms with van der Waals surface area (Å²) >= 11 is 1.47. The van der Waals surface area contributed by atoms with Crippen LogP contribution in [-0.4, -0.2) is 59.4 Å². The first-order valence-corrected chi connectivity index (χ1v) is 7.79. The Morgan fingerprint density at radius 2 is 2.05 bits per heavy atom. The van der Waals surface area contributed by atoms with Crippen LogP contribution in [0.1, 0.15) is 18.5 Å². The predicted molar refractivity (Wildman–Crippen MR) is 77.0 cm³/mol. The number of hydrogen-bond donors (Lipinski definition) is 0. The van der Waals surface area contributed by atoms with E-state index in [2.05, 4.69) is 4.98 Å². The standard InChI is InChI=1S/C13H18N4O2S/c1-10-9-20-12(14-10)17-7-6-16(13(17)19)8-11(18)15-4-2-3-5-15/h9H,2-8H2,1H3. The Bertz CT molecular complexity index is 524. The van der Waals surface area contributed by atoms with Gasteiger partial charge in [0.05, 0.1) is 5.69 Å². The van der Waals surface area contributed by atoms with Gasteiger partial charge in [0.25, 0.3) is 0 Å². The van der Waals surface area contributed by atoms with Gasteiger partial charge in [0.2, 0.25) is 5.91 Å². The van der Waals surface area contributed by atoms with Gasteiger partial charge in [-0.3, -0.25) is 9.69 Å². The molecule has 3 amide bonds. The van der Waals surface area contributed by atoms with Gasteiger partial charge < -0.3 is 9.80 Å². The van der Waals surface area contributed by atoms with Crippen LogP contribution < -0.4 is 4.90 Å². The number of thiazole rings is 1. The Morgan fingerprint density at radius 1 is 1.30 bits per heavy atom. The molecule has 3 heterocycles. The molecule has 1 aromatic rings. The zero-order chi connectivity index (χ0) is 14.1. The summed E-state index contributed by atoms with van der Waals surface area (Å²) in [6, 6.07) is -0.105. The van der Waals surface area contributed by atoms with Crippen LogP contribution in [0.2, 0.25) is 0 Å². The molecule has 0 atom stereocenters. The lowest BCUT2D eigenvalue weighted by molar-refractivity contribution is -0.130. The van der Waals surface area contributed by atoms with Gasteiger partial charge >= 0.3 is 6.03 Å². The van der Waals surface area contributed by atoms with Crippen molar-refractivity contribution in [2.75, 3.05) is 37.6 Å². The zero-order valence-electron chi connectivity index (χ0n) is 11.5. The second-order valence-corrected chi connectivity index (χ2v) is 6.05. The Labute approximate surface area is 122 Å². The molecule has 2 aliphatic rings. The molecule has 0 radical (unpaired) electrons. The molecule has 3 rings (SSSR count). The molecular weight excluding hydrogens is 276 g/mol. The van der Waals surface area contributed by atoms with Crippen molar-refractivity contribution in [3.05, 3.63) is 11.1 Å². The number of carbonyl (C=O) groups excluding carboxylic acids is 2. The lowest BCUT2D eigenvalue weighted by Crippen LogP contribution is -2.41. The Balaban J connectivity index is 1.62. The molecule has 0 aromatic carbocycles. The van der Waals surface area contributed by atoms with Crippen molar-refractivity contribution in [2.24, 2.45) is 0 Å². The number of aryl methyl sites for hydroxylation is 1. The smallest absolute Gasteiger partial charge is 0.326 e. The summed E-state index contributed by atoms with van der Waals surface area (Å²) in [7, 11) is 0. The fourth-order valence-corrected chi connectivity index (χ4v) is 3.42. The second kappa shape index (κ2) is 5.40. The summed E-state index contributed by atoms with van der Waals surface area (Å²) in [5.41, 5.74) is 0.921. The third-order valence-electron chi connectivity index (χ3n) is 3.72. The van der Waals surface area contributed by atoms with Crippen LogP contribution in [0.5, 0.6) is 0 Å². The molecule has 0 saturated carbocycles. The molecule has 2 saturated heterocycles. The number of carbonyl (C=O) groups is 2. The molecule has 108 valence electrons. The summed E-state index contributed by atoms with van der Waals surface area (Å²) in [6.07, 6.45) is 2.15. The first-order chi connectivity index (χ1) is 9.65. The minimum absolute atomic E-state index is 0.0630. The number of anilines is 1. The van der Waals surface area contributed by atoms with Crippen molar-refractivity contribution >= 4 is 28.4 Å². The van der Waals surface area contributed by atoms with Crippen LogP contribution >= 0.6 is 11.3 Å². The number of likely N-dealkylation sites (tertiary alicyclic amines) is 1. The topological polar surface area (TPSA) is 56.8 Å². The summed E-state index contributed by atoms with van der Waals surface area (Å²) in [5.74, 6) is 0.0630. The van der Waals surface area contributed by atoms with Crippen molar-refractivity contribution in [2.45, 2.75) is 19.8 Å². The summed E-state index contributed by atoms with van der Waals surface area (Å²) in [4.78, 5) is 33.9. The highest BCUT2D eigenvalue weighted by atomic mass is 32.1. The molecule has 2 aliphatic heterocycles. The van der Waals surface area contributed by atoms with E-state index >= 15 is 0 Å². The molecule has 2 fully saturated rings. The first kappa shape index (κ1) is 13.4. The summed E-state index contributed by atoms with van der Waals surface area (Å²) in [5, 5.41) is 2.66. The van der Waals surface area contributed by atoms with Crippen molar-refractivity contribution in [1.82, 2.24) is 14.8 Å². The Kier molecular flexibility index (Phi) is 3.60. The van der Waals surface area contributed by atoms with Gasteiger partial charge in [-0.2, -0.15) is 0 Å². The fraction of sp³-hybridized carbons (Fsp3) is 0.615. The van der Waals surface area contributed by atoms with E-state index in [9.17, 15) is 9.59 Å². The number of urea groups is 1. The maximum atomic E-state index is 12.3. The van der Waals surface area contributed by atoms with Crippen LogP contribution in [0.3, 0.4) is 0 Å². The monoisotopic (exact) mass is 294 g/mol. The van der Waals surface area contributed by atoms with Crippen LogP contribution in [0.15, 0.2) is 5.38 Å². The van der Waals surface area contributed by atoms with Crippen LogP contribution in [0.25, 0.3) is 0 Å². The van der Waals surface area contributed by atoms with Gasteiger partial charge in [0, 0.05) is 31.6 Å². The highest BCUT2D eigenvalue weighted by Crippen LogP contribution is 2.24. The minimum atomic E-state index is -0.105. The van der Waals surface area contributed by atoms with Crippen molar-refractivity contribution in [3.63, 3.8) is 0 Å². The number of hydrogen-bond acceptors (Lipinski definition) is 4. The predicted octanol–water partition coefficient (Wildman–Crippen LogP) is 1.32. The molecule has 6 nitrogen and oxygen atoms in total. The van der Waals surface area contributed by atoms with Crippen LogP contribution in [0, 0.1) is 6.92 Å². The van der Waals surface area contributed by atoms with E-state index in [-0.39, 0.29) is 18.5 Å². The fourth-order valence-electron chi connectivity index (χ4n) is 2.60. The lowest BCUT2D eigenvalue weighted by Gasteiger charge is -2.20. The van der Waals surface area contributed by atoms with Gasteiger partial charge in [-0.1, -0.05) is 0 Å². The molecule has 1 aromatic heterocycles. The Hall–Kier alpha value is -1.63. The van der Waals surface area contributed by atoms with Crippen molar-refractivity contribution < 1.29 is 9.59 Å². The van der Waals surface area contributed by atoms with Gasteiger partial charge in [-0.05, 0) is 19.8 Å². The molecule has 7 heteroatoms. The largest absolute Gasteiger partial charge is 0.341 e. The molecule has 0 unspecified atom stereocenters. The quantitative estimate of drug-likeness (QED) is 0.845. The molecule has 20 heavy (non-hydrogen) atoms. The third kappa shape index (κ3) is 2.49. The average Bonchev–Trinajstić information content (AvgIpc) is 3.12. The van der Waals surface area contributed by atoms with Gasteiger partial charge in [-0.25, -0.2) is 9.78 Å². The summed E-state index contributed by atoms with van der Waals surface area (Å²) < 4.78 is 0. The Morgan fingerprint density at radius 3 is 2.70 bits per heavy atom. The molecule has 0 N–H and O–H groups in total. The first-order valence-electron chi connectivity index (χ1n) is 6.91. The number of rotatable bonds is 3. The number of amides is 3. The van der Waals surface area contributed by atoms with Gasteiger partial charge in [0.1, 0.15) is 6.54 Å². The SMILES string of the molecule is Cc1csc(N2CCN(CC(=O)N3CCCC3)C2=O)n1. The van der Waals surface area contributed by atoms with E-state index in [0.717, 1.165) is 36.8 Å². The maximum Gasteiger partial charge on any atom is 0.326 e. The van der Waals surface area contributed by atoms with Gasteiger partial charge in [-0.15, -0.1) is 11.3 Å². The normalized spacial score (nSPS) is 19.2. The van der Waals surface area contributed by atoms with E-state index < -0.39 is 0 Å². The van der Waals surface area contributed by atoms with E-state index in [1.165, 1.54) is 11.3 Å². The van der Waals surface area contributed by atoms with Gasteiger partial charge in [0.15, 0.2) is 5.13 Å². The number of aromatic nitrogens is 1. The molecule has 0 bridgehead atoms. The van der Waals surface area contributed by atoms with Crippen molar-refractivity contribution in [1.29, 1.82) is 0 Å². The van der Waals surface area contributed by atoms with E-state index in [1.54, 1.807) is 9.80 Å². The molecule has 0 spiro atoms. The minimum Gasteiger partial charge on any atom is -0.341 e. The van der Waals surface area contributed by atoms with Crippen LogP contribution in [0.4, 0.5) is 9.93 Å². The third-order valence-corrected chi connectivity index (χ3v) is 4.70. The van der Waals surface area contributed by atoms with Crippen molar-refractivity contribution in [3.8, 4) is 0 Å². The molecule has 0 aliphatic carbocycles. The van der Waals surface area contributed by atoms with E-state index in [0.29, 0.717) is 13.1 Å². The zero-order valence-corrected chi connectivity index (χ0v) is 12.4. The van der Waals surface area contributed by atoms with Crippen LogP contribution in [-0.2, 0) is 4.79 Å². The highest BCUT2D eigenvalue weighted by molar-refractivity contribution is 7.14. The summed E-state index contributed by atoms with van der Waals surface area (Å²) in [6.45, 7) is 4.97. The number of nitrogens with zero attached hydrogens (tertiary/aromatic N) is 4. The lowest BCUT2D eigenvalue weighted by atomic mass is 10.4. The second-order valence-electron chi connectivity index (χ2n) is 5.22. The molecular formula is C13H18N4O2S. The highest BCUT2D eigenvalue weighted by Gasteiger charge is 2.33.